The Balaban J connectivity index is 1.45. The number of hydrogen-bond donors (Lipinski definition) is 2. The highest BCUT2D eigenvalue weighted by Crippen LogP contribution is 2.68. The molecule has 2 aliphatic heterocycles. The van der Waals surface area contributed by atoms with E-state index in [1.54, 1.807) is 23.1 Å². The number of thiazole rings is 1. The van der Waals surface area contributed by atoms with Gasteiger partial charge in [0.15, 0.2) is 0 Å². The van der Waals surface area contributed by atoms with Gasteiger partial charge in [0, 0.05) is 20.9 Å². The van der Waals surface area contributed by atoms with Gasteiger partial charge >= 0.3 is 10.8 Å². The topological polar surface area (TPSA) is 108 Å². The van der Waals surface area contributed by atoms with Crippen LogP contribution in [0.3, 0.4) is 0 Å². The van der Waals surface area contributed by atoms with Gasteiger partial charge in [0.2, 0.25) is 11.8 Å². The summed E-state index contributed by atoms with van der Waals surface area (Å²) < 4.78 is 0. The molecule has 2 aromatic rings. The molecule has 4 heterocycles. The maximum Gasteiger partial charge on any atom is 0.323 e. The van der Waals surface area contributed by atoms with Crippen LogP contribution in [0.15, 0.2) is 27.3 Å². The molecule has 2 bridgehead atoms. The van der Waals surface area contributed by atoms with Gasteiger partial charge in [0.05, 0.1) is 16.9 Å². The first kappa shape index (κ1) is 17.9. The molecule has 7 nitrogen and oxygen atoms in total. The van der Waals surface area contributed by atoms with Crippen molar-refractivity contribution in [3.05, 3.63) is 36.9 Å². The number of fused-ring (bicyclic) bond motifs is 9. The Hall–Kier alpha value is -1.91. The summed E-state index contributed by atoms with van der Waals surface area (Å²) in [5, 5.41) is 12.2. The van der Waals surface area contributed by atoms with Crippen molar-refractivity contribution >= 4 is 52.2 Å². The zero-order valence-corrected chi connectivity index (χ0v) is 17.4. The third-order valence-electron chi connectivity index (χ3n) is 6.96. The molecule has 29 heavy (non-hydrogen) atoms. The molecule has 6 rings (SSSR count). The van der Waals surface area contributed by atoms with Gasteiger partial charge in [-0.05, 0) is 35.6 Å². The lowest BCUT2D eigenvalue weighted by Crippen LogP contribution is -2.42. The molecule has 0 unspecified atom stereocenters. The predicted octanol–water partition coefficient (Wildman–Crippen LogP) is 2.06. The zero-order valence-electron chi connectivity index (χ0n) is 14.9. The fourth-order valence-electron chi connectivity index (χ4n) is 6.16. The van der Waals surface area contributed by atoms with Crippen LogP contribution in [0.25, 0.3) is 0 Å². The molecule has 0 radical (unpaired) electrons. The number of carboxylic acids is 1. The first-order valence-corrected chi connectivity index (χ1v) is 12.0. The molecule has 2 aliphatic carbocycles. The number of carbonyl (C=O) groups excluding carboxylic acids is 2. The number of thioether (sulfide) groups is 1. The third-order valence-corrected chi connectivity index (χ3v) is 10.5. The van der Waals surface area contributed by atoms with Gasteiger partial charge in [-0.15, -0.1) is 23.1 Å². The third kappa shape index (κ3) is 2.30. The number of carbonyl (C=O) groups is 3. The first-order valence-electron chi connectivity index (χ1n) is 9.45. The summed E-state index contributed by atoms with van der Waals surface area (Å²) in [6, 6.07) is 4.08. The van der Waals surface area contributed by atoms with Crippen LogP contribution >= 0.6 is 34.4 Å². The molecular formula is C19H16N2O5S3. The second-order valence-electron chi connectivity index (χ2n) is 8.13. The van der Waals surface area contributed by atoms with Crippen molar-refractivity contribution in [2.45, 2.75) is 22.6 Å². The highest BCUT2D eigenvalue weighted by atomic mass is 32.2. The van der Waals surface area contributed by atoms with Crippen LogP contribution in [0.5, 0.6) is 0 Å². The Kier molecular flexibility index (Phi) is 3.74. The number of aliphatic carboxylic acids is 1. The van der Waals surface area contributed by atoms with Crippen LogP contribution in [0.4, 0.5) is 0 Å². The number of nitrogens with one attached hydrogen (secondary N) is 1. The molecule has 1 saturated heterocycles. The summed E-state index contributed by atoms with van der Waals surface area (Å²) in [7, 11) is 0. The maximum atomic E-state index is 13.0. The molecule has 7 atom stereocenters. The van der Waals surface area contributed by atoms with Crippen LogP contribution in [-0.4, -0.2) is 44.6 Å². The smallest absolute Gasteiger partial charge is 0.323 e. The number of amides is 2. The second-order valence-corrected chi connectivity index (χ2v) is 11.3. The van der Waals surface area contributed by atoms with Gasteiger partial charge in [-0.2, -0.15) is 0 Å². The van der Waals surface area contributed by atoms with Gasteiger partial charge < -0.3 is 10.1 Å². The van der Waals surface area contributed by atoms with E-state index in [0.717, 1.165) is 21.2 Å². The van der Waals surface area contributed by atoms with Gasteiger partial charge in [0.25, 0.3) is 0 Å². The molecule has 150 valence electrons. The van der Waals surface area contributed by atoms with Crippen LogP contribution < -0.4 is 4.87 Å². The molecule has 4 aliphatic rings. The number of imide groups is 1. The Morgan fingerprint density at radius 2 is 1.97 bits per heavy atom. The minimum Gasteiger partial charge on any atom is -0.480 e. The quantitative estimate of drug-likeness (QED) is 0.696. The van der Waals surface area contributed by atoms with E-state index in [2.05, 4.69) is 11.1 Å². The fourth-order valence-corrected chi connectivity index (χ4v) is 10.0. The Bertz CT molecular complexity index is 1110. The average Bonchev–Trinajstić information content (AvgIpc) is 3.45. The number of nitrogens with zero attached hydrogens (tertiary/aromatic N) is 1. The van der Waals surface area contributed by atoms with Crippen LogP contribution in [0.1, 0.15) is 22.1 Å². The van der Waals surface area contributed by atoms with Crippen molar-refractivity contribution in [1.29, 1.82) is 0 Å². The SMILES string of the molecule is O=C(O)CN1C(=O)[C@@H]2[C@H]3C[C@@H]([C@@H]2C1=O)[C@@H]1[C@H](c2cccs2)c2sc(=O)[nH]c2S[C@H]31. The van der Waals surface area contributed by atoms with E-state index in [4.69, 9.17) is 5.11 Å². The second kappa shape index (κ2) is 6.05. The summed E-state index contributed by atoms with van der Waals surface area (Å²) in [6.45, 7) is -0.554. The highest BCUT2D eigenvalue weighted by molar-refractivity contribution is 8.00. The van der Waals surface area contributed by atoms with Crippen molar-refractivity contribution < 1.29 is 19.5 Å². The number of H-pyrrole nitrogens is 1. The largest absolute Gasteiger partial charge is 0.480 e. The summed E-state index contributed by atoms with van der Waals surface area (Å²) in [5.74, 6) is -2.36. The number of likely N-dealkylation sites (tertiary alicyclic amines) is 1. The fraction of sp³-hybridized carbons (Fsp3) is 0.474. The minimum absolute atomic E-state index is 0.0364. The van der Waals surface area contributed by atoms with E-state index in [1.165, 1.54) is 16.2 Å². The van der Waals surface area contributed by atoms with Crippen LogP contribution in [-0.2, 0) is 14.4 Å². The minimum atomic E-state index is -1.16. The van der Waals surface area contributed by atoms with Crippen LogP contribution in [0, 0.1) is 29.6 Å². The molecule has 2 aromatic heterocycles. The summed E-state index contributed by atoms with van der Waals surface area (Å²) >= 11 is 4.54. The van der Waals surface area contributed by atoms with E-state index < -0.39 is 24.3 Å². The molecule has 2 N–H and O–H groups in total. The lowest BCUT2D eigenvalue weighted by molar-refractivity contribution is -0.149. The zero-order chi connectivity index (χ0) is 20.0. The van der Waals surface area contributed by atoms with E-state index in [0.29, 0.717) is 0 Å². The number of carboxylic acid groups (broad SMARTS) is 1. The van der Waals surface area contributed by atoms with Crippen molar-refractivity contribution in [2.24, 2.45) is 29.6 Å². The summed E-state index contributed by atoms with van der Waals surface area (Å²) in [5.41, 5.74) is 0. The Labute approximate surface area is 177 Å². The first-order chi connectivity index (χ1) is 14.0. The number of hydrogen-bond acceptors (Lipinski definition) is 7. The maximum absolute atomic E-state index is 13.0. The molecule has 0 spiro atoms. The van der Waals surface area contributed by atoms with Gasteiger partial charge in [0.1, 0.15) is 6.54 Å². The lowest BCUT2D eigenvalue weighted by Gasteiger charge is -2.42. The van der Waals surface area contributed by atoms with Crippen LogP contribution in [0.2, 0.25) is 0 Å². The van der Waals surface area contributed by atoms with E-state index in [-0.39, 0.29) is 45.6 Å². The number of aromatic amines is 1. The lowest BCUT2D eigenvalue weighted by atomic mass is 9.69. The van der Waals surface area contributed by atoms with Crippen molar-refractivity contribution in [3.8, 4) is 0 Å². The monoisotopic (exact) mass is 448 g/mol. The van der Waals surface area contributed by atoms with Gasteiger partial charge in [-0.1, -0.05) is 17.4 Å². The van der Waals surface area contributed by atoms with E-state index in [1.807, 2.05) is 11.4 Å². The number of aromatic nitrogens is 1. The molecule has 10 heteroatoms. The summed E-state index contributed by atoms with van der Waals surface area (Å²) in [4.78, 5) is 55.3. The van der Waals surface area contributed by atoms with E-state index >= 15 is 0 Å². The average molecular weight is 449 g/mol. The Morgan fingerprint density at radius 1 is 1.21 bits per heavy atom. The van der Waals surface area contributed by atoms with Crippen molar-refractivity contribution in [2.75, 3.05) is 6.54 Å². The van der Waals surface area contributed by atoms with Gasteiger partial charge in [-0.3, -0.25) is 24.1 Å². The molecule has 2 amide bonds. The van der Waals surface area contributed by atoms with Crippen molar-refractivity contribution in [3.63, 3.8) is 0 Å². The Morgan fingerprint density at radius 3 is 2.66 bits per heavy atom. The molecular weight excluding hydrogens is 432 g/mol. The van der Waals surface area contributed by atoms with Crippen molar-refractivity contribution in [1.82, 2.24) is 9.88 Å². The predicted molar refractivity (Wildman–Crippen MR) is 107 cm³/mol. The van der Waals surface area contributed by atoms with Gasteiger partial charge in [-0.25, -0.2) is 0 Å². The standard InChI is InChI=1S/C19H16N2O5S3/c22-9(23)5-21-17(24)11-6-4-7(12(11)18(21)25)14-10(6)13(8-2-1-3-27-8)15-16(28-14)20-19(26)29-15/h1-3,6-7,10-14H,4-5H2,(H,20,26)(H,22,23)/t6-,7-,10-,11+,12-,13+,14-/m1/s1. The highest BCUT2D eigenvalue weighted by Gasteiger charge is 2.69. The number of thiophene rings is 1. The summed E-state index contributed by atoms with van der Waals surface area (Å²) in [6.07, 6.45) is 0.817. The molecule has 2 saturated carbocycles. The normalized spacial score (nSPS) is 37.0. The molecule has 0 aromatic carbocycles. The molecule has 3 fully saturated rings. The number of rotatable bonds is 3. The van der Waals surface area contributed by atoms with E-state index in [9.17, 15) is 19.2 Å².